The molecule has 0 bridgehead atoms. The molecule has 12 heavy (non-hydrogen) atoms. The first kappa shape index (κ1) is 11.3. The maximum Gasteiger partial charge on any atom is 0.377 e. The minimum absolute atomic E-state index is 0.0233. The van der Waals surface area contributed by atoms with Gasteiger partial charge in [-0.25, -0.2) is 4.79 Å². The summed E-state index contributed by atoms with van der Waals surface area (Å²) in [5.74, 6) is -4.86. The molecular weight excluding hydrogens is 166 g/mol. The smallest absolute Gasteiger partial charge is 0.377 e. The Kier molecular flexibility index (Phi) is 3.18. The van der Waals surface area contributed by atoms with Crippen LogP contribution < -0.4 is 0 Å². The number of halogens is 2. The molecule has 2 nitrogen and oxygen atoms in total. The molecule has 0 aromatic carbocycles. The highest BCUT2D eigenvalue weighted by atomic mass is 19.3. The zero-order chi connectivity index (χ0) is 9.99. The number of esters is 1. The van der Waals surface area contributed by atoms with Crippen LogP contribution in [0.5, 0.6) is 0 Å². The third kappa shape index (κ3) is 2.16. The van der Waals surface area contributed by atoms with Gasteiger partial charge in [-0.05, 0) is 6.92 Å². The Balaban J connectivity index is 4.50. The SMILES string of the molecule is CCOC(=O)C(F)(F)C(C)(C)C. The Morgan fingerprint density at radius 3 is 2.00 bits per heavy atom. The van der Waals surface area contributed by atoms with Gasteiger partial charge >= 0.3 is 11.9 Å². The molecule has 0 saturated carbocycles. The fourth-order valence-electron chi connectivity index (χ4n) is 0.528. The van der Waals surface area contributed by atoms with E-state index in [1.165, 1.54) is 27.7 Å². The minimum Gasteiger partial charge on any atom is -0.462 e. The Morgan fingerprint density at radius 2 is 1.75 bits per heavy atom. The van der Waals surface area contributed by atoms with Crippen LogP contribution >= 0.6 is 0 Å². The number of ether oxygens (including phenoxy) is 1. The van der Waals surface area contributed by atoms with Gasteiger partial charge in [0.1, 0.15) is 0 Å². The standard InChI is InChI=1S/C8H14F2O2/c1-5-12-6(11)8(9,10)7(2,3)4/h5H2,1-4H3. The molecule has 0 aromatic rings. The summed E-state index contributed by atoms with van der Waals surface area (Å²) in [6.07, 6.45) is 0. The van der Waals surface area contributed by atoms with Crippen molar-refractivity contribution in [2.24, 2.45) is 5.41 Å². The maximum absolute atomic E-state index is 13.0. The predicted octanol–water partition coefficient (Wildman–Crippen LogP) is 2.23. The van der Waals surface area contributed by atoms with Gasteiger partial charge < -0.3 is 4.74 Å². The van der Waals surface area contributed by atoms with E-state index in [1.807, 2.05) is 0 Å². The first-order valence-electron chi connectivity index (χ1n) is 3.78. The quantitative estimate of drug-likeness (QED) is 0.609. The average molecular weight is 180 g/mol. The highest BCUT2D eigenvalue weighted by Gasteiger charge is 2.51. The van der Waals surface area contributed by atoms with Crippen molar-refractivity contribution in [3.63, 3.8) is 0 Å². The van der Waals surface area contributed by atoms with E-state index in [2.05, 4.69) is 4.74 Å². The highest BCUT2D eigenvalue weighted by molar-refractivity contribution is 5.78. The zero-order valence-corrected chi connectivity index (χ0v) is 7.78. The molecule has 0 aliphatic heterocycles. The average Bonchev–Trinajstić information content (AvgIpc) is 1.85. The summed E-state index contributed by atoms with van der Waals surface area (Å²) in [4.78, 5) is 10.7. The van der Waals surface area contributed by atoms with Crippen molar-refractivity contribution in [2.75, 3.05) is 6.61 Å². The molecule has 0 N–H and O–H groups in total. The second kappa shape index (κ2) is 3.37. The largest absolute Gasteiger partial charge is 0.462 e. The lowest BCUT2D eigenvalue weighted by Crippen LogP contribution is -2.43. The van der Waals surface area contributed by atoms with Crippen molar-refractivity contribution in [1.82, 2.24) is 0 Å². The summed E-state index contributed by atoms with van der Waals surface area (Å²) >= 11 is 0. The van der Waals surface area contributed by atoms with E-state index in [9.17, 15) is 13.6 Å². The molecule has 0 radical (unpaired) electrons. The normalized spacial score (nSPS) is 12.8. The van der Waals surface area contributed by atoms with Crippen LogP contribution in [0.25, 0.3) is 0 Å². The van der Waals surface area contributed by atoms with E-state index in [4.69, 9.17) is 0 Å². The van der Waals surface area contributed by atoms with Gasteiger partial charge in [0, 0.05) is 5.41 Å². The monoisotopic (exact) mass is 180 g/mol. The molecule has 0 amide bonds. The summed E-state index contributed by atoms with van der Waals surface area (Å²) in [6.45, 7) is 5.36. The molecule has 0 unspecified atom stereocenters. The molecule has 0 aromatic heterocycles. The molecule has 72 valence electrons. The molecule has 0 spiro atoms. The van der Waals surface area contributed by atoms with E-state index < -0.39 is 17.3 Å². The lowest BCUT2D eigenvalue weighted by molar-refractivity contribution is -0.188. The summed E-state index contributed by atoms with van der Waals surface area (Å²) in [7, 11) is 0. The van der Waals surface area contributed by atoms with Gasteiger partial charge in [-0.2, -0.15) is 8.78 Å². The fourth-order valence-corrected chi connectivity index (χ4v) is 0.528. The first-order valence-corrected chi connectivity index (χ1v) is 3.78. The maximum atomic E-state index is 13.0. The van der Waals surface area contributed by atoms with Crippen LogP contribution in [-0.2, 0) is 9.53 Å². The van der Waals surface area contributed by atoms with Gasteiger partial charge in [0.15, 0.2) is 0 Å². The van der Waals surface area contributed by atoms with Crippen molar-refractivity contribution < 1.29 is 18.3 Å². The third-order valence-electron chi connectivity index (χ3n) is 1.47. The lowest BCUT2D eigenvalue weighted by Gasteiger charge is -2.27. The van der Waals surface area contributed by atoms with Gasteiger partial charge in [-0.1, -0.05) is 20.8 Å². The fraction of sp³-hybridized carbons (Fsp3) is 0.875. The molecule has 0 atom stereocenters. The highest BCUT2D eigenvalue weighted by Crippen LogP contribution is 2.36. The Morgan fingerprint density at radius 1 is 1.33 bits per heavy atom. The number of hydrogen-bond acceptors (Lipinski definition) is 2. The van der Waals surface area contributed by atoms with Crippen LogP contribution in [0.15, 0.2) is 0 Å². The van der Waals surface area contributed by atoms with E-state index in [1.54, 1.807) is 0 Å². The number of carbonyl (C=O) groups is 1. The van der Waals surface area contributed by atoms with Crippen molar-refractivity contribution in [3.8, 4) is 0 Å². The number of rotatable bonds is 2. The molecule has 0 fully saturated rings. The van der Waals surface area contributed by atoms with Crippen LogP contribution in [0, 0.1) is 5.41 Å². The summed E-state index contributed by atoms with van der Waals surface area (Å²) in [6, 6.07) is 0. The second-order valence-electron chi connectivity index (χ2n) is 3.54. The van der Waals surface area contributed by atoms with E-state index in [-0.39, 0.29) is 6.61 Å². The first-order chi connectivity index (χ1) is 5.23. The van der Waals surface area contributed by atoms with Crippen LogP contribution in [0.3, 0.4) is 0 Å². The zero-order valence-electron chi connectivity index (χ0n) is 7.78. The third-order valence-corrected chi connectivity index (χ3v) is 1.47. The molecule has 0 aliphatic carbocycles. The number of alkyl halides is 2. The van der Waals surface area contributed by atoms with Gasteiger partial charge in [0.05, 0.1) is 6.61 Å². The Labute approximate surface area is 70.9 Å². The summed E-state index contributed by atoms with van der Waals surface area (Å²) in [5, 5.41) is 0. The van der Waals surface area contributed by atoms with Crippen LogP contribution in [0.1, 0.15) is 27.7 Å². The van der Waals surface area contributed by atoms with E-state index in [0.29, 0.717) is 0 Å². The van der Waals surface area contributed by atoms with Crippen molar-refractivity contribution in [3.05, 3.63) is 0 Å². The lowest BCUT2D eigenvalue weighted by atomic mass is 9.88. The second-order valence-corrected chi connectivity index (χ2v) is 3.54. The van der Waals surface area contributed by atoms with Crippen LogP contribution in [0.2, 0.25) is 0 Å². The topological polar surface area (TPSA) is 26.3 Å². The predicted molar refractivity (Wildman–Crippen MR) is 41.0 cm³/mol. The van der Waals surface area contributed by atoms with Crippen molar-refractivity contribution >= 4 is 5.97 Å². The minimum atomic E-state index is -3.41. The molecular formula is C8H14F2O2. The van der Waals surface area contributed by atoms with Gasteiger partial charge in [0.2, 0.25) is 0 Å². The van der Waals surface area contributed by atoms with Gasteiger partial charge in [-0.3, -0.25) is 0 Å². The molecule has 0 heterocycles. The van der Waals surface area contributed by atoms with E-state index >= 15 is 0 Å². The summed E-state index contributed by atoms with van der Waals surface area (Å²) < 4.78 is 30.3. The Bertz CT molecular complexity index is 170. The number of carbonyl (C=O) groups excluding carboxylic acids is 1. The molecule has 4 heteroatoms. The van der Waals surface area contributed by atoms with Crippen molar-refractivity contribution in [2.45, 2.75) is 33.6 Å². The number of hydrogen-bond donors (Lipinski definition) is 0. The van der Waals surface area contributed by atoms with Crippen LogP contribution in [-0.4, -0.2) is 18.5 Å². The summed E-state index contributed by atoms with van der Waals surface area (Å²) in [5.41, 5.74) is -1.39. The van der Waals surface area contributed by atoms with Crippen molar-refractivity contribution in [1.29, 1.82) is 0 Å². The van der Waals surface area contributed by atoms with Gasteiger partial charge in [0.25, 0.3) is 0 Å². The molecule has 0 aliphatic rings. The van der Waals surface area contributed by atoms with Gasteiger partial charge in [-0.15, -0.1) is 0 Å². The Hall–Kier alpha value is -0.670. The molecule has 0 saturated heterocycles. The molecule has 0 rings (SSSR count). The van der Waals surface area contributed by atoms with E-state index in [0.717, 1.165) is 0 Å². The van der Waals surface area contributed by atoms with Crippen LogP contribution in [0.4, 0.5) is 8.78 Å².